The molecule has 20 heavy (non-hydrogen) atoms. The Balaban J connectivity index is 2.65. The maximum Gasteiger partial charge on any atom is 0.223 e. The minimum atomic E-state index is -0.534. The van der Waals surface area contributed by atoms with Gasteiger partial charge in [-0.25, -0.2) is 0 Å². The zero-order chi connectivity index (χ0) is 15.0. The van der Waals surface area contributed by atoms with Crippen LogP contribution in [0.25, 0.3) is 0 Å². The first-order chi connectivity index (χ1) is 9.52. The summed E-state index contributed by atoms with van der Waals surface area (Å²) in [6.45, 7) is 2.47. The molecule has 2 unspecified atom stereocenters. The highest BCUT2D eigenvalue weighted by atomic mass is 79.9. The van der Waals surface area contributed by atoms with Crippen molar-refractivity contribution in [2.45, 2.75) is 25.9 Å². The largest absolute Gasteiger partial charge is 0.392 e. The van der Waals surface area contributed by atoms with E-state index in [0.29, 0.717) is 19.4 Å². The summed E-state index contributed by atoms with van der Waals surface area (Å²) in [4.78, 5) is 12.2. The predicted octanol–water partition coefficient (Wildman–Crippen LogP) is 2.14. The molecular formula is C15H22BrNO3. The van der Waals surface area contributed by atoms with Gasteiger partial charge in [0.05, 0.1) is 6.10 Å². The lowest BCUT2D eigenvalue weighted by atomic mass is 9.95. The van der Waals surface area contributed by atoms with E-state index in [9.17, 15) is 9.90 Å². The number of amides is 1. The molecule has 112 valence electrons. The van der Waals surface area contributed by atoms with Crippen molar-refractivity contribution in [3.63, 3.8) is 0 Å². The normalized spacial score (nSPS) is 13.8. The Kier molecular flexibility index (Phi) is 7.80. The smallest absolute Gasteiger partial charge is 0.223 e. The predicted molar refractivity (Wildman–Crippen MR) is 82.5 cm³/mol. The van der Waals surface area contributed by atoms with Crippen LogP contribution in [0.15, 0.2) is 28.7 Å². The Bertz CT molecular complexity index is 423. The molecule has 1 aromatic rings. The number of hydrogen-bond donors (Lipinski definition) is 2. The summed E-state index contributed by atoms with van der Waals surface area (Å²) >= 11 is 3.43. The van der Waals surface area contributed by atoms with Crippen molar-refractivity contribution in [1.82, 2.24) is 5.32 Å². The highest BCUT2D eigenvalue weighted by Crippen LogP contribution is 2.17. The number of halogens is 1. The van der Waals surface area contributed by atoms with Crippen molar-refractivity contribution in [2.24, 2.45) is 5.92 Å². The maximum atomic E-state index is 12.2. The van der Waals surface area contributed by atoms with E-state index in [0.717, 1.165) is 10.0 Å². The van der Waals surface area contributed by atoms with Gasteiger partial charge in [0.2, 0.25) is 5.91 Å². The van der Waals surface area contributed by atoms with Crippen molar-refractivity contribution in [1.29, 1.82) is 0 Å². The molecule has 0 heterocycles. The second kappa shape index (κ2) is 9.10. The summed E-state index contributed by atoms with van der Waals surface area (Å²) in [7, 11) is 1.63. The third-order valence-corrected chi connectivity index (χ3v) is 3.48. The first kappa shape index (κ1) is 17.1. The summed E-state index contributed by atoms with van der Waals surface area (Å²) in [5.74, 6) is -0.189. The molecular weight excluding hydrogens is 322 g/mol. The summed E-state index contributed by atoms with van der Waals surface area (Å²) < 4.78 is 6.08. The lowest BCUT2D eigenvalue weighted by molar-refractivity contribution is -0.126. The number of carbonyl (C=O) groups excluding carboxylic acids is 1. The van der Waals surface area contributed by atoms with E-state index < -0.39 is 6.10 Å². The van der Waals surface area contributed by atoms with Crippen LogP contribution in [0, 0.1) is 5.92 Å². The number of aliphatic hydroxyl groups excluding tert-OH is 1. The van der Waals surface area contributed by atoms with Gasteiger partial charge >= 0.3 is 0 Å². The molecule has 0 radical (unpaired) electrons. The fourth-order valence-electron chi connectivity index (χ4n) is 1.93. The van der Waals surface area contributed by atoms with Gasteiger partial charge in [0.25, 0.3) is 0 Å². The van der Waals surface area contributed by atoms with Crippen LogP contribution >= 0.6 is 15.9 Å². The summed E-state index contributed by atoms with van der Waals surface area (Å²) in [5.41, 5.74) is 1.10. The third-order valence-electron chi connectivity index (χ3n) is 2.98. The van der Waals surface area contributed by atoms with Gasteiger partial charge in [0.15, 0.2) is 0 Å². The van der Waals surface area contributed by atoms with Gasteiger partial charge in [0.1, 0.15) is 0 Å². The number of carbonyl (C=O) groups is 1. The van der Waals surface area contributed by atoms with Crippen LogP contribution in [0.4, 0.5) is 0 Å². The van der Waals surface area contributed by atoms with E-state index in [2.05, 4.69) is 21.2 Å². The first-order valence-corrected chi connectivity index (χ1v) is 7.51. The Labute approximate surface area is 128 Å². The van der Waals surface area contributed by atoms with Gasteiger partial charge in [-0.1, -0.05) is 28.1 Å². The van der Waals surface area contributed by atoms with E-state index in [1.807, 2.05) is 24.3 Å². The molecule has 2 atom stereocenters. The van der Waals surface area contributed by atoms with Crippen LogP contribution in [0.1, 0.15) is 18.9 Å². The van der Waals surface area contributed by atoms with Gasteiger partial charge in [-0.15, -0.1) is 0 Å². The number of ether oxygens (including phenoxy) is 1. The molecule has 0 aromatic heterocycles. The minimum absolute atomic E-state index is 0.0390. The van der Waals surface area contributed by atoms with Crippen LogP contribution in [0.2, 0.25) is 0 Å². The molecule has 0 saturated carbocycles. The van der Waals surface area contributed by atoms with Crippen molar-refractivity contribution >= 4 is 21.8 Å². The molecule has 0 fully saturated rings. The molecule has 0 aliphatic rings. The second-order valence-electron chi connectivity index (χ2n) is 4.91. The molecule has 0 bridgehead atoms. The third kappa shape index (κ3) is 6.50. The SMILES string of the molecule is COCCC(Cc1cccc(Br)c1)C(=O)NCC(C)O. The molecule has 1 amide bonds. The fraction of sp³-hybridized carbons (Fsp3) is 0.533. The fourth-order valence-corrected chi connectivity index (χ4v) is 2.37. The van der Waals surface area contributed by atoms with Gasteiger partial charge in [-0.2, -0.15) is 0 Å². The summed E-state index contributed by atoms with van der Waals surface area (Å²) in [6, 6.07) is 7.94. The highest BCUT2D eigenvalue weighted by molar-refractivity contribution is 9.10. The Morgan fingerprint density at radius 2 is 2.25 bits per heavy atom. The quantitative estimate of drug-likeness (QED) is 0.760. The van der Waals surface area contributed by atoms with Crippen LogP contribution in [0.3, 0.4) is 0 Å². The first-order valence-electron chi connectivity index (χ1n) is 6.72. The van der Waals surface area contributed by atoms with Gasteiger partial charge < -0.3 is 15.2 Å². The Morgan fingerprint density at radius 1 is 1.50 bits per heavy atom. The number of aliphatic hydroxyl groups is 1. The molecule has 2 N–H and O–H groups in total. The van der Waals surface area contributed by atoms with Gasteiger partial charge in [-0.05, 0) is 37.5 Å². The topological polar surface area (TPSA) is 58.6 Å². The van der Waals surface area contributed by atoms with Crippen molar-refractivity contribution < 1.29 is 14.6 Å². The molecule has 0 aliphatic heterocycles. The monoisotopic (exact) mass is 343 g/mol. The van der Waals surface area contributed by atoms with E-state index in [1.165, 1.54) is 0 Å². The van der Waals surface area contributed by atoms with Crippen molar-refractivity contribution in [3.05, 3.63) is 34.3 Å². The molecule has 1 rings (SSSR count). The molecule has 0 saturated heterocycles. The van der Waals surface area contributed by atoms with Crippen LogP contribution in [0.5, 0.6) is 0 Å². The summed E-state index contributed by atoms with van der Waals surface area (Å²) in [6.07, 6.45) is 0.788. The standard InChI is InChI=1S/C15H22BrNO3/c1-11(18)10-17-15(19)13(6-7-20-2)8-12-4-3-5-14(16)9-12/h3-5,9,11,13,18H,6-8,10H2,1-2H3,(H,17,19). The van der Waals surface area contributed by atoms with Crippen LogP contribution < -0.4 is 5.32 Å². The maximum absolute atomic E-state index is 12.2. The number of rotatable bonds is 8. The highest BCUT2D eigenvalue weighted by Gasteiger charge is 2.19. The molecule has 5 heteroatoms. The van der Waals surface area contributed by atoms with E-state index in [-0.39, 0.29) is 18.4 Å². The van der Waals surface area contributed by atoms with Crippen molar-refractivity contribution in [3.8, 4) is 0 Å². The number of methoxy groups -OCH3 is 1. The lowest BCUT2D eigenvalue weighted by Crippen LogP contribution is -2.36. The number of hydrogen-bond acceptors (Lipinski definition) is 3. The minimum Gasteiger partial charge on any atom is -0.392 e. The Morgan fingerprint density at radius 3 is 2.85 bits per heavy atom. The van der Waals surface area contributed by atoms with Gasteiger partial charge in [-0.3, -0.25) is 4.79 Å². The average Bonchev–Trinajstić information content (AvgIpc) is 2.40. The lowest BCUT2D eigenvalue weighted by Gasteiger charge is -2.17. The molecule has 1 aromatic carbocycles. The molecule has 0 spiro atoms. The Hall–Kier alpha value is -0.910. The van der Waals surface area contributed by atoms with Gasteiger partial charge in [0, 0.05) is 30.7 Å². The van der Waals surface area contributed by atoms with Crippen LogP contribution in [-0.4, -0.2) is 37.4 Å². The average molecular weight is 344 g/mol. The molecule has 4 nitrogen and oxygen atoms in total. The zero-order valence-corrected chi connectivity index (χ0v) is 13.5. The summed E-state index contributed by atoms with van der Waals surface area (Å²) in [5, 5.41) is 12.0. The number of benzene rings is 1. The number of nitrogens with one attached hydrogen (secondary N) is 1. The van der Waals surface area contributed by atoms with E-state index in [1.54, 1.807) is 14.0 Å². The molecule has 0 aliphatic carbocycles. The zero-order valence-electron chi connectivity index (χ0n) is 11.9. The van der Waals surface area contributed by atoms with E-state index >= 15 is 0 Å². The van der Waals surface area contributed by atoms with Crippen molar-refractivity contribution in [2.75, 3.05) is 20.3 Å². The van der Waals surface area contributed by atoms with Crippen LogP contribution in [-0.2, 0) is 16.0 Å². The van der Waals surface area contributed by atoms with E-state index in [4.69, 9.17) is 4.74 Å². The second-order valence-corrected chi connectivity index (χ2v) is 5.82.